The van der Waals surface area contributed by atoms with Crippen LogP contribution in [0.25, 0.3) is 0 Å². The Labute approximate surface area is 99.9 Å². The molecule has 0 unspecified atom stereocenters. The minimum absolute atomic E-state index is 0.597. The van der Waals surface area contributed by atoms with Crippen LogP contribution >= 0.6 is 0 Å². The van der Waals surface area contributed by atoms with E-state index in [1.807, 2.05) is 19.1 Å². The number of nitrogens with zero attached hydrogens (tertiary/aromatic N) is 3. The number of rotatable bonds is 5. The molecule has 2 aromatic heterocycles. The summed E-state index contributed by atoms with van der Waals surface area (Å²) in [5.74, 6) is 0.617. The fourth-order valence-corrected chi connectivity index (χ4v) is 1.40. The van der Waals surface area contributed by atoms with Crippen LogP contribution in [-0.4, -0.2) is 21.6 Å². The number of nitrogens with one attached hydrogen (secondary N) is 1. The molecule has 1 N–H and O–H groups in total. The van der Waals surface area contributed by atoms with E-state index in [-0.39, 0.29) is 0 Å². The van der Waals surface area contributed by atoms with Crippen LogP contribution in [0.1, 0.15) is 12.5 Å². The van der Waals surface area contributed by atoms with Crippen molar-refractivity contribution in [2.75, 3.05) is 11.9 Å². The number of anilines is 1. The van der Waals surface area contributed by atoms with Gasteiger partial charge in [-0.1, -0.05) is 0 Å². The molecule has 0 aliphatic rings. The molecular formula is C12H14N4O. The second kappa shape index (κ2) is 5.79. The maximum atomic E-state index is 5.42. The fraction of sp³-hybridized carbons (Fsp3) is 0.250. The Hall–Kier alpha value is -2.17. The van der Waals surface area contributed by atoms with Gasteiger partial charge in [-0.25, -0.2) is 15.0 Å². The maximum Gasteiger partial charge on any atom is 0.237 e. The third-order valence-corrected chi connectivity index (χ3v) is 2.15. The van der Waals surface area contributed by atoms with E-state index in [1.165, 1.54) is 6.33 Å². The lowest BCUT2D eigenvalue weighted by atomic mass is 10.3. The van der Waals surface area contributed by atoms with E-state index < -0.39 is 0 Å². The smallest absolute Gasteiger partial charge is 0.237 e. The predicted molar refractivity (Wildman–Crippen MR) is 64.8 cm³/mol. The van der Waals surface area contributed by atoms with Crippen molar-refractivity contribution in [3.63, 3.8) is 0 Å². The van der Waals surface area contributed by atoms with E-state index in [1.54, 1.807) is 18.6 Å². The lowest BCUT2D eigenvalue weighted by Crippen LogP contribution is -2.04. The Morgan fingerprint density at radius 1 is 1.29 bits per heavy atom. The summed E-state index contributed by atoms with van der Waals surface area (Å²) in [6, 6.07) is 3.80. The molecule has 0 bridgehead atoms. The Morgan fingerprint density at radius 2 is 2.12 bits per heavy atom. The molecule has 17 heavy (non-hydrogen) atoms. The average molecular weight is 230 g/mol. The molecule has 0 aliphatic heterocycles. The van der Waals surface area contributed by atoms with E-state index in [2.05, 4.69) is 20.3 Å². The third-order valence-electron chi connectivity index (χ3n) is 2.15. The molecule has 5 heteroatoms. The van der Waals surface area contributed by atoms with Crippen molar-refractivity contribution in [1.82, 2.24) is 15.0 Å². The molecule has 0 aliphatic carbocycles. The van der Waals surface area contributed by atoms with Crippen molar-refractivity contribution in [3.05, 3.63) is 42.6 Å². The molecule has 0 atom stereocenters. The van der Waals surface area contributed by atoms with Gasteiger partial charge in [0.15, 0.2) is 0 Å². The first-order chi connectivity index (χ1) is 8.40. The number of hydrogen-bond donors (Lipinski definition) is 1. The maximum absolute atomic E-state index is 5.42. The van der Waals surface area contributed by atoms with Gasteiger partial charge in [-0.15, -0.1) is 0 Å². The van der Waals surface area contributed by atoms with Gasteiger partial charge in [0.1, 0.15) is 6.33 Å². The molecule has 88 valence electrons. The Kier molecular flexibility index (Phi) is 3.85. The summed E-state index contributed by atoms with van der Waals surface area (Å²) in [5, 5.41) is 3.25. The zero-order valence-corrected chi connectivity index (χ0v) is 9.63. The first-order valence-electron chi connectivity index (χ1n) is 5.45. The lowest BCUT2D eigenvalue weighted by molar-refractivity contribution is 0.328. The van der Waals surface area contributed by atoms with Gasteiger partial charge >= 0.3 is 0 Å². The SMILES string of the molecule is CCOc1ncccc1NCc1cncnc1. The van der Waals surface area contributed by atoms with E-state index in [0.29, 0.717) is 19.0 Å². The average Bonchev–Trinajstić information content (AvgIpc) is 2.39. The standard InChI is InChI=1S/C12H14N4O/c1-2-17-12-11(4-3-5-15-12)16-8-10-6-13-9-14-7-10/h3-7,9,16H,2,8H2,1H3. The highest BCUT2D eigenvalue weighted by Crippen LogP contribution is 2.20. The van der Waals surface area contributed by atoms with Gasteiger partial charge in [-0.2, -0.15) is 0 Å². The molecule has 0 aromatic carbocycles. The number of hydrogen-bond acceptors (Lipinski definition) is 5. The van der Waals surface area contributed by atoms with E-state index >= 15 is 0 Å². The van der Waals surface area contributed by atoms with Crippen molar-refractivity contribution in [1.29, 1.82) is 0 Å². The molecule has 2 aromatic rings. The summed E-state index contributed by atoms with van der Waals surface area (Å²) < 4.78 is 5.42. The first-order valence-corrected chi connectivity index (χ1v) is 5.45. The summed E-state index contributed by atoms with van der Waals surface area (Å²) in [7, 11) is 0. The van der Waals surface area contributed by atoms with Crippen LogP contribution in [0.4, 0.5) is 5.69 Å². The van der Waals surface area contributed by atoms with Crippen molar-refractivity contribution in [3.8, 4) is 5.88 Å². The predicted octanol–water partition coefficient (Wildman–Crippen LogP) is 1.88. The summed E-state index contributed by atoms with van der Waals surface area (Å²) in [5.41, 5.74) is 1.89. The normalized spacial score (nSPS) is 9.94. The molecule has 0 radical (unpaired) electrons. The van der Waals surface area contributed by atoms with Crippen molar-refractivity contribution in [2.24, 2.45) is 0 Å². The molecular weight excluding hydrogens is 216 g/mol. The highest BCUT2D eigenvalue weighted by molar-refractivity contribution is 5.52. The zero-order valence-electron chi connectivity index (χ0n) is 9.63. The Bertz CT molecular complexity index is 461. The van der Waals surface area contributed by atoms with Crippen LogP contribution < -0.4 is 10.1 Å². The summed E-state index contributed by atoms with van der Waals surface area (Å²) in [6.45, 7) is 3.18. The van der Waals surface area contributed by atoms with Gasteiger partial charge in [0.2, 0.25) is 5.88 Å². The summed E-state index contributed by atoms with van der Waals surface area (Å²) in [4.78, 5) is 12.1. The Morgan fingerprint density at radius 3 is 2.88 bits per heavy atom. The van der Waals surface area contributed by atoms with E-state index in [9.17, 15) is 0 Å². The number of ether oxygens (including phenoxy) is 1. The van der Waals surface area contributed by atoms with Crippen LogP contribution in [0.3, 0.4) is 0 Å². The molecule has 0 saturated carbocycles. The molecule has 5 nitrogen and oxygen atoms in total. The van der Waals surface area contributed by atoms with Crippen molar-refractivity contribution < 1.29 is 4.74 Å². The quantitative estimate of drug-likeness (QED) is 0.849. The second-order valence-corrected chi connectivity index (χ2v) is 3.39. The Balaban J connectivity index is 2.03. The summed E-state index contributed by atoms with van der Waals surface area (Å²) >= 11 is 0. The number of pyridine rings is 1. The molecule has 0 fully saturated rings. The number of aromatic nitrogens is 3. The van der Waals surface area contributed by atoms with Gasteiger partial charge in [0.05, 0.1) is 12.3 Å². The van der Waals surface area contributed by atoms with Crippen molar-refractivity contribution >= 4 is 5.69 Å². The van der Waals surface area contributed by atoms with E-state index in [4.69, 9.17) is 4.74 Å². The molecule has 2 heterocycles. The topological polar surface area (TPSA) is 59.9 Å². The lowest BCUT2D eigenvalue weighted by Gasteiger charge is -2.10. The van der Waals surface area contributed by atoms with E-state index in [0.717, 1.165) is 11.3 Å². The fourth-order valence-electron chi connectivity index (χ4n) is 1.40. The van der Waals surface area contributed by atoms with Crippen LogP contribution in [-0.2, 0) is 6.54 Å². The van der Waals surface area contributed by atoms with Gasteiger partial charge < -0.3 is 10.1 Å². The molecule has 2 rings (SSSR count). The monoisotopic (exact) mass is 230 g/mol. The van der Waals surface area contributed by atoms with Gasteiger partial charge in [-0.3, -0.25) is 0 Å². The second-order valence-electron chi connectivity index (χ2n) is 3.39. The van der Waals surface area contributed by atoms with Crippen LogP contribution in [0.5, 0.6) is 5.88 Å². The summed E-state index contributed by atoms with van der Waals surface area (Å²) in [6.07, 6.45) is 6.77. The molecule has 0 saturated heterocycles. The van der Waals surface area contributed by atoms with Crippen LogP contribution in [0.2, 0.25) is 0 Å². The van der Waals surface area contributed by atoms with Crippen molar-refractivity contribution in [2.45, 2.75) is 13.5 Å². The van der Waals surface area contributed by atoms with Crippen LogP contribution in [0.15, 0.2) is 37.1 Å². The molecule has 0 amide bonds. The van der Waals surface area contributed by atoms with Gasteiger partial charge in [0, 0.05) is 30.7 Å². The third kappa shape index (κ3) is 3.14. The van der Waals surface area contributed by atoms with Gasteiger partial charge in [0.25, 0.3) is 0 Å². The minimum Gasteiger partial charge on any atom is -0.476 e. The largest absolute Gasteiger partial charge is 0.476 e. The minimum atomic E-state index is 0.597. The highest BCUT2D eigenvalue weighted by atomic mass is 16.5. The zero-order chi connectivity index (χ0) is 11.9. The first kappa shape index (κ1) is 11.3. The van der Waals surface area contributed by atoms with Gasteiger partial charge in [-0.05, 0) is 19.1 Å². The molecule has 0 spiro atoms. The van der Waals surface area contributed by atoms with Crippen LogP contribution in [0, 0.1) is 0 Å². The highest BCUT2D eigenvalue weighted by Gasteiger charge is 2.03.